The topological polar surface area (TPSA) is 62.7 Å². The predicted molar refractivity (Wildman–Crippen MR) is 67.4 cm³/mol. The van der Waals surface area contributed by atoms with Gasteiger partial charge in [-0.2, -0.15) is 5.10 Å². The fourth-order valence-corrected chi connectivity index (χ4v) is 2.99. The third-order valence-corrected chi connectivity index (χ3v) is 3.92. The van der Waals surface area contributed by atoms with Crippen LogP contribution in [0.5, 0.6) is 0 Å². The van der Waals surface area contributed by atoms with Gasteiger partial charge in [-0.15, -0.1) is 11.3 Å². The van der Waals surface area contributed by atoms with E-state index in [2.05, 4.69) is 15.5 Å². The van der Waals surface area contributed by atoms with Gasteiger partial charge >= 0.3 is 0 Å². The first-order valence-corrected chi connectivity index (χ1v) is 6.52. The van der Waals surface area contributed by atoms with Gasteiger partial charge in [0.2, 0.25) is 5.91 Å². The zero-order valence-corrected chi connectivity index (χ0v) is 10.5. The Morgan fingerprint density at radius 1 is 1.59 bits per heavy atom. The van der Waals surface area contributed by atoms with Gasteiger partial charge < -0.3 is 5.32 Å². The molecule has 1 amide bonds. The summed E-state index contributed by atoms with van der Waals surface area (Å²) >= 11 is 6.84. The predicted octanol–water partition coefficient (Wildman–Crippen LogP) is 1.73. The van der Waals surface area contributed by atoms with Crippen molar-refractivity contribution in [3.63, 3.8) is 0 Å². The first-order chi connectivity index (χ1) is 8.25. The fraction of sp³-hybridized carbons (Fsp3) is 0.300. The van der Waals surface area contributed by atoms with Crippen molar-refractivity contribution < 1.29 is 4.79 Å². The van der Waals surface area contributed by atoms with Crippen LogP contribution in [0.3, 0.4) is 0 Å². The monoisotopic (exact) mass is 266 g/mol. The van der Waals surface area contributed by atoms with Crippen molar-refractivity contribution in [3.8, 4) is 10.7 Å². The first-order valence-electron chi connectivity index (χ1n) is 5.23. The Morgan fingerprint density at radius 3 is 3.12 bits per heavy atom. The van der Waals surface area contributed by atoms with Crippen LogP contribution in [0.25, 0.3) is 10.7 Å². The minimum absolute atomic E-state index is 0.0610. The Morgan fingerprint density at radius 2 is 2.47 bits per heavy atom. The summed E-state index contributed by atoms with van der Waals surface area (Å²) < 4.78 is 2.49. The molecule has 2 N–H and O–H groups in total. The van der Waals surface area contributed by atoms with E-state index in [1.807, 2.05) is 22.1 Å². The number of nitrogens with zero attached hydrogens (tertiary/aromatic N) is 2. The highest BCUT2D eigenvalue weighted by Crippen LogP contribution is 2.27. The number of amides is 1. The molecule has 88 valence electrons. The van der Waals surface area contributed by atoms with Crippen LogP contribution >= 0.6 is 23.6 Å². The van der Waals surface area contributed by atoms with Crippen LogP contribution in [-0.2, 0) is 4.79 Å². The zero-order chi connectivity index (χ0) is 11.8. The summed E-state index contributed by atoms with van der Waals surface area (Å²) in [5, 5.41) is 11.9. The van der Waals surface area contributed by atoms with Crippen LogP contribution in [0.4, 0.5) is 0 Å². The van der Waals surface area contributed by atoms with E-state index in [-0.39, 0.29) is 11.9 Å². The Kier molecular flexibility index (Phi) is 2.56. The molecule has 0 saturated carbocycles. The second kappa shape index (κ2) is 4.08. The van der Waals surface area contributed by atoms with E-state index in [1.165, 1.54) is 0 Å². The minimum atomic E-state index is 0.0610. The van der Waals surface area contributed by atoms with Crippen molar-refractivity contribution in [1.82, 2.24) is 20.1 Å². The standard InChI is InChI=1S/C10H10N4OS2/c15-8-4-6(5-11-8)14-9(12-13-10(14)16)7-2-1-3-17-7/h1-3,6H,4-5H2,(H,11,15)(H,13,16). The van der Waals surface area contributed by atoms with Crippen molar-refractivity contribution in [2.24, 2.45) is 0 Å². The van der Waals surface area contributed by atoms with Crippen molar-refractivity contribution in [2.45, 2.75) is 12.5 Å². The lowest BCUT2D eigenvalue weighted by Crippen LogP contribution is -2.16. The van der Waals surface area contributed by atoms with Gasteiger partial charge in [0.05, 0.1) is 10.9 Å². The number of H-pyrrole nitrogens is 1. The summed E-state index contributed by atoms with van der Waals surface area (Å²) in [7, 11) is 0. The molecule has 17 heavy (non-hydrogen) atoms. The van der Waals surface area contributed by atoms with E-state index < -0.39 is 0 Å². The summed E-state index contributed by atoms with van der Waals surface area (Å²) in [6.45, 7) is 0.616. The second-order valence-electron chi connectivity index (χ2n) is 3.86. The van der Waals surface area contributed by atoms with E-state index in [0.717, 1.165) is 10.7 Å². The van der Waals surface area contributed by atoms with Gasteiger partial charge in [0.25, 0.3) is 0 Å². The number of thiophene rings is 1. The van der Waals surface area contributed by atoms with Crippen LogP contribution in [0.1, 0.15) is 12.5 Å². The normalized spacial score (nSPS) is 19.5. The molecule has 1 aliphatic rings. The maximum atomic E-state index is 11.3. The largest absolute Gasteiger partial charge is 0.354 e. The molecule has 1 unspecified atom stereocenters. The molecule has 0 aromatic carbocycles. The summed E-state index contributed by atoms with van der Waals surface area (Å²) in [4.78, 5) is 12.3. The van der Waals surface area contributed by atoms with Crippen molar-refractivity contribution >= 4 is 29.5 Å². The van der Waals surface area contributed by atoms with Gasteiger partial charge in [0.15, 0.2) is 10.6 Å². The number of hydrogen-bond donors (Lipinski definition) is 2. The quantitative estimate of drug-likeness (QED) is 0.814. The smallest absolute Gasteiger partial charge is 0.222 e. The number of carbonyl (C=O) groups excluding carboxylic acids is 1. The molecule has 0 radical (unpaired) electrons. The van der Waals surface area contributed by atoms with Gasteiger partial charge in [0, 0.05) is 13.0 Å². The van der Waals surface area contributed by atoms with Crippen LogP contribution in [0, 0.1) is 4.77 Å². The fourth-order valence-electron chi connectivity index (χ4n) is 2.00. The highest BCUT2D eigenvalue weighted by molar-refractivity contribution is 7.71. The molecule has 3 heterocycles. The molecular weight excluding hydrogens is 256 g/mol. The average Bonchev–Trinajstić information content (AvgIpc) is 2.97. The van der Waals surface area contributed by atoms with Gasteiger partial charge in [-0.3, -0.25) is 14.5 Å². The van der Waals surface area contributed by atoms with Crippen molar-refractivity contribution in [3.05, 3.63) is 22.3 Å². The molecule has 0 bridgehead atoms. The number of rotatable bonds is 2. The first kappa shape index (κ1) is 10.7. The lowest BCUT2D eigenvalue weighted by molar-refractivity contribution is -0.119. The molecule has 2 aromatic heterocycles. The number of carbonyl (C=O) groups is 1. The maximum Gasteiger partial charge on any atom is 0.222 e. The molecule has 2 aromatic rings. The van der Waals surface area contributed by atoms with E-state index in [9.17, 15) is 4.79 Å². The summed E-state index contributed by atoms with van der Waals surface area (Å²) in [5.74, 6) is 0.877. The van der Waals surface area contributed by atoms with Crippen LogP contribution in [0.2, 0.25) is 0 Å². The second-order valence-corrected chi connectivity index (χ2v) is 5.20. The average molecular weight is 266 g/mol. The number of aromatic amines is 1. The van der Waals surface area contributed by atoms with Gasteiger partial charge in [-0.05, 0) is 23.7 Å². The number of hydrogen-bond acceptors (Lipinski definition) is 4. The van der Waals surface area contributed by atoms with E-state index in [1.54, 1.807) is 11.3 Å². The van der Waals surface area contributed by atoms with Gasteiger partial charge in [0.1, 0.15) is 0 Å². The number of nitrogens with one attached hydrogen (secondary N) is 2. The molecule has 7 heteroatoms. The maximum absolute atomic E-state index is 11.3. The molecule has 3 rings (SSSR count). The summed E-state index contributed by atoms with van der Waals surface area (Å²) in [5.41, 5.74) is 0. The van der Waals surface area contributed by atoms with E-state index in [0.29, 0.717) is 17.7 Å². The summed E-state index contributed by atoms with van der Waals surface area (Å²) in [6, 6.07) is 4.03. The van der Waals surface area contributed by atoms with Crippen LogP contribution in [-0.4, -0.2) is 27.2 Å². The highest BCUT2D eigenvalue weighted by Gasteiger charge is 2.26. The molecule has 0 spiro atoms. The zero-order valence-electron chi connectivity index (χ0n) is 8.84. The third-order valence-electron chi connectivity index (χ3n) is 2.77. The molecule has 0 aliphatic carbocycles. The Hall–Kier alpha value is -1.47. The molecule has 1 atom stereocenters. The lowest BCUT2D eigenvalue weighted by Gasteiger charge is -2.11. The highest BCUT2D eigenvalue weighted by atomic mass is 32.1. The van der Waals surface area contributed by atoms with E-state index in [4.69, 9.17) is 12.2 Å². The Labute approximate surface area is 106 Å². The van der Waals surface area contributed by atoms with Crippen molar-refractivity contribution in [1.29, 1.82) is 0 Å². The molecule has 1 saturated heterocycles. The van der Waals surface area contributed by atoms with Gasteiger partial charge in [-0.25, -0.2) is 0 Å². The molecular formula is C10H10N4OS2. The van der Waals surface area contributed by atoms with Crippen LogP contribution < -0.4 is 5.32 Å². The lowest BCUT2D eigenvalue weighted by atomic mass is 10.2. The minimum Gasteiger partial charge on any atom is -0.354 e. The van der Waals surface area contributed by atoms with Gasteiger partial charge in [-0.1, -0.05) is 6.07 Å². The van der Waals surface area contributed by atoms with E-state index >= 15 is 0 Å². The van der Waals surface area contributed by atoms with Crippen molar-refractivity contribution in [2.75, 3.05) is 6.54 Å². The Balaban J connectivity index is 2.07. The molecule has 1 fully saturated rings. The Bertz CT molecular complexity index is 598. The molecule has 1 aliphatic heterocycles. The molecule has 5 nitrogen and oxygen atoms in total. The number of aromatic nitrogens is 3. The summed E-state index contributed by atoms with van der Waals surface area (Å²) in [6.07, 6.45) is 0.464. The third kappa shape index (κ3) is 1.81. The SMILES string of the molecule is O=C1CC(n2c(-c3cccs3)n[nH]c2=S)CN1. The van der Waals surface area contributed by atoms with Crippen LogP contribution in [0.15, 0.2) is 17.5 Å².